The van der Waals surface area contributed by atoms with Crippen molar-refractivity contribution in [3.8, 4) is 28.6 Å². The second-order valence-electron chi connectivity index (χ2n) is 5.80. The molecule has 0 spiro atoms. The lowest BCUT2D eigenvalue weighted by atomic mass is 10.2. The van der Waals surface area contributed by atoms with Crippen molar-refractivity contribution in [2.75, 3.05) is 21.3 Å². The number of carbonyl (C=O) groups excluding carboxylic acids is 1. The topological polar surface area (TPSA) is 92.9 Å². The molecule has 0 saturated heterocycles. The summed E-state index contributed by atoms with van der Waals surface area (Å²) in [6, 6.07) is 12.6. The zero-order valence-electron chi connectivity index (χ0n) is 16.2. The second kappa shape index (κ2) is 9.41. The Labute approximate surface area is 167 Å². The molecule has 0 radical (unpaired) electrons. The van der Waals surface area contributed by atoms with E-state index < -0.39 is 5.97 Å². The normalized spacial score (nSPS) is 10.7. The second-order valence-corrected chi connectivity index (χ2v) is 5.80. The fourth-order valence-corrected chi connectivity index (χ4v) is 2.49. The van der Waals surface area contributed by atoms with Gasteiger partial charge >= 0.3 is 5.97 Å². The lowest BCUT2D eigenvalue weighted by Gasteiger charge is -2.07. The molecule has 2 aromatic carbocycles. The van der Waals surface area contributed by atoms with Crippen molar-refractivity contribution in [1.29, 1.82) is 0 Å². The summed E-state index contributed by atoms with van der Waals surface area (Å²) in [5.41, 5.74) is 1.50. The Balaban J connectivity index is 1.58. The number of esters is 1. The number of ether oxygens (including phenoxy) is 4. The Bertz CT molecular complexity index is 1010. The molecule has 0 saturated carbocycles. The summed E-state index contributed by atoms with van der Waals surface area (Å²) in [4.78, 5) is 16.2. The Morgan fingerprint density at radius 2 is 1.86 bits per heavy atom. The summed E-state index contributed by atoms with van der Waals surface area (Å²) >= 11 is 0. The van der Waals surface area contributed by atoms with Crippen LogP contribution in [-0.4, -0.2) is 37.4 Å². The number of methoxy groups -OCH3 is 3. The fraction of sp³-hybridized carbons (Fsp3) is 0.190. The molecule has 1 heterocycles. The van der Waals surface area contributed by atoms with Gasteiger partial charge in [-0.15, -0.1) is 0 Å². The number of benzene rings is 2. The Morgan fingerprint density at radius 3 is 2.62 bits per heavy atom. The third-order valence-corrected chi connectivity index (χ3v) is 3.95. The highest BCUT2D eigenvalue weighted by Gasteiger charge is 2.11. The molecule has 0 amide bonds. The number of carbonyl (C=O) groups is 1. The van der Waals surface area contributed by atoms with Gasteiger partial charge in [-0.2, -0.15) is 4.98 Å². The van der Waals surface area contributed by atoms with E-state index >= 15 is 0 Å². The average molecular weight is 396 g/mol. The van der Waals surface area contributed by atoms with E-state index in [1.807, 2.05) is 18.2 Å². The van der Waals surface area contributed by atoms with Crippen LogP contribution in [0.3, 0.4) is 0 Å². The first-order valence-corrected chi connectivity index (χ1v) is 8.67. The maximum atomic E-state index is 12.0. The SMILES string of the molecule is COc1cccc(-c2noc(COC(=O)/C=C/c3ccc(OC)c(OC)c3)n2)c1. The quantitative estimate of drug-likeness (QED) is 0.422. The molecule has 1 aromatic heterocycles. The van der Waals surface area contributed by atoms with Crippen LogP contribution >= 0.6 is 0 Å². The van der Waals surface area contributed by atoms with Gasteiger partial charge in [0.15, 0.2) is 18.1 Å². The summed E-state index contributed by atoms with van der Waals surface area (Å²) in [6.07, 6.45) is 2.92. The van der Waals surface area contributed by atoms with E-state index in [1.165, 1.54) is 6.08 Å². The van der Waals surface area contributed by atoms with E-state index in [0.717, 1.165) is 11.1 Å². The minimum absolute atomic E-state index is 0.133. The van der Waals surface area contributed by atoms with Gasteiger partial charge in [0.2, 0.25) is 5.82 Å². The molecule has 8 nitrogen and oxygen atoms in total. The van der Waals surface area contributed by atoms with Gasteiger partial charge in [-0.3, -0.25) is 0 Å². The molecular formula is C21H20N2O6. The van der Waals surface area contributed by atoms with Crippen LogP contribution < -0.4 is 14.2 Å². The van der Waals surface area contributed by atoms with Gasteiger partial charge in [-0.05, 0) is 35.9 Å². The van der Waals surface area contributed by atoms with E-state index in [0.29, 0.717) is 23.1 Å². The molecule has 3 aromatic rings. The predicted molar refractivity (Wildman–Crippen MR) is 105 cm³/mol. The van der Waals surface area contributed by atoms with Crippen LogP contribution in [0.1, 0.15) is 11.5 Å². The number of nitrogens with zero attached hydrogens (tertiary/aromatic N) is 2. The van der Waals surface area contributed by atoms with Crippen molar-refractivity contribution in [2.45, 2.75) is 6.61 Å². The van der Waals surface area contributed by atoms with Gasteiger partial charge in [0.05, 0.1) is 21.3 Å². The molecule has 150 valence electrons. The first-order chi connectivity index (χ1) is 14.1. The summed E-state index contributed by atoms with van der Waals surface area (Å²) in [6.45, 7) is -0.133. The van der Waals surface area contributed by atoms with Gasteiger partial charge < -0.3 is 23.5 Å². The van der Waals surface area contributed by atoms with Crippen LogP contribution in [0.4, 0.5) is 0 Å². The van der Waals surface area contributed by atoms with Gasteiger partial charge in [0.25, 0.3) is 5.89 Å². The largest absolute Gasteiger partial charge is 0.497 e. The first-order valence-electron chi connectivity index (χ1n) is 8.67. The summed E-state index contributed by atoms with van der Waals surface area (Å²) < 4.78 is 25.9. The van der Waals surface area contributed by atoms with Gasteiger partial charge in [-0.1, -0.05) is 23.4 Å². The Kier molecular flexibility index (Phi) is 6.47. The van der Waals surface area contributed by atoms with Crippen LogP contribution in [0.15, 0.2) is 53.1 Å². The average Bonchev–Trinajstić information content (AvgIpc) is 3.25. The van der Waals surface area contributed by atoms with Crippen LogP contribution in [0.5, 0.6) is 17.2 Å². The number of hydrogen-bond donors (Lipinski definition) is 0. The lowest BCUT2D eigenvalue weighted by Crippen LogP contribution is -2.01. The summed E-state index contributed by atoms with van der Waals surface area (Å²) in [7, 11) is 4.68. The van der Waals surface area contributed by atoms with Gasteiger partial charge in [-0.25, -0.2) is 4.79 Å². The van der Waals surface area contributed by atoms with Crippen molar-refractivity contribution in [3.05, 3.63) is 60.0 Å². The lowest BCUT2D eigenvalue weighted by molar-refractivity contribution is -0.139. The standard InChI is InChI=1S/C21H20N2O6/c1-25-16-6-4-5-15(12-16)21-22-19(29-23-21)13-28-20(24)10-8-14-7-9-17(26-2)18(11-14)27-3/h4-12H,13H2,1-3H3/b10-8+. The van der Waals surface area contributed by atoms with E-state index in [2.05, 4.69) is 10.1 Å². The third kappa shape index (κ3) is 5.13. The van der Waals surface area contributed by atoms with Crippen LogP contribution in [-0.2, 0) is 16.1 Å². The molecule has 0 unspecified atom stereocenters. The van der Waals surface area contributed by atoms with Crippen molar-refractivity contribution in [2.24, 2.45) is 0 Å². The molecule has 8 heteroatoms. The molecule has 29 heavy (non-hydrogen) atoms. The minimum Gasteiger partial charge on any atom is -0.497 e. The van der Waals surface area contributed by atoms with Gasteiger partial charge in [0, 0.05) is 11.6 Å². The maximum Gasteiger partial charge on any atom is 0.331 e. The van der Waals surface area contributed by atoms with Crippen molar-refractivity contribution in [1.82, 2.24) is 10.1 Å². The highest BCUT2D eigenvalue weighted by atomic mass is 16.6. The van der Waals surface area contributed by atoms with E-state index in [9.17, 15) is 4.79 Å². The predicted octanol–water partition coefficient (Wildman–Crippen LogP) is 3.52. The zero-order chi connectivity index (χ0) is 20.6. The Hall–Kier alpha value is -3.81. The molecule has 0 atom stereocenters. The van der Waals surface area contributed by atoms with Crippen molar-refractivity contribution in [3.63, 3.8) is 0 Å². The maximum absolute atomic E-state index is 12.0. The van der Waals surface area contributed by atoms with Crippen molar-refractivity contribution >= 4 is 12.0 Å². The molecule has 0 fully saturated rings. The minimum atomic E-state index is -0.541. The van der Waals surface area contributed by atoms with Crippen molar-refractivity contribution < 1.29 is 28.3 Å². The monoisotopic (exact) mass is 396 g/mol. The molecule has 0 aliphatic carbocycles. The molecule has 3 rings (SSSR count). The molecule has 0 aliphatic rings. The summed E-state index contributed by atoms with van der Waals surface area (Å²) in [5, 5.41) is 3.89. The van der Waals surface area contributed by atoms with Gasteiger partial charge in [0.1, 0.15) is 5.75 Å². The van der Waals surface area contributed by atoms with E-state index in [-0.39, 0.29) is 12.5 Å². The fourth-order valence-electron chi connectivity index (χ4n) is 2.49. The summed E-state index contributed by atoms with van der Waals surface area (Å²) in [5.74, 6) is 1.89. The third-order valence-electron chi connectivity index (χ3n) is 3.95. The molecule has 0 bridgehead atoms. The Morgan fingerprint density at radius 1 is 1.03 bits per heavy atom. The highest BCUT2D eigenvalue weighted by molar-refractivity contribution is 5.87. The number of rotatable bonds is 8. The van der Waals surface area contributed by atoms with Crippen LogP contribution in [0.25, 0.3) is 17.5 Å². The highest BCUT2D eigenvalue weighted by Crippen LogP contribution is 2.28. The number of aromatic nitrogens is 2. The number of hydrogen-bond acceptors (Lipinski definition) is 8. The molecular weight excluding hydrogens is 376 g/mol. The molecule has 0 aliphatic heterocycles. The van der Waals surface area contributed by atoms with Crippen LogP contribution in [0.2, 0.25) is 0 Å². The van der Waals surface area contributed by atoms with E-state index in [4.69, 9.17) is 23.5 Å². The molecule has 0 N–H and O–H groups in total. The first kappa shape index (κ1) is 19.9. The zero-order valence-corrected chi connectivity index (χ0v) is 16.2. The smallest absolute Gasteiger partial charge is 0.331 e. The van der Waals surface area contributed by atoms with Crippen LogP contribution in [0, 0.1) is 0 Å². The van der Waals surface area contributed by atoms with E-state index in [1.54, 1.807) is 51.7 Å².